The number of carbonyl (C=O) groups excluding carboxylic acids is 1. The van der Waals surface area contributed by atoms with Crippen LogP contribution in [0.1, 0.15) is 37.0 Å². The van der Waals surface area contributed by atoms with E-state index in [2.05, 4.69) is 13.8 Å². The second kappa shape index (κ2) is 7.66. The van der Waals surface area contributed by atoms with E-state index < -0.39 is 0 Å². The lowest BCUT2D eigenvalue weighted by molar-refractivity contribution is 0.0975. The van der Waals surface area contributed by atoms with Crippen molar-refractivity contribution in [2.45, 2.75) is 32.7 Å². The molecule has 0 spiro atoms. The molecule has 0 bridgehead atoms. The van der Waals surface area contributed by atoms with E-state index in [-0.39, 0.29) is 11.9 Å². The minimum atomic E-state index is -0.0958. The molecule has 2 aromatic carbocycles. The molecule has 0 fully saturated rings. The van der Waals surface area contributed by atoms with Gasteiger partial charge in [-0.25, -0.2) is 0 Å². The van der Waals surface area contributed by atoms with Crippen LogP contribution in [-0.4, -0.2) is 11.9 Å². The summed E-state index contributed by atoms with van der Waals surface area (Å²) in [5, 5.41) is 0.903. The van der Waals surface area contributed by atoms with Crippen molar-refractivity contribution in [1.82, 2.24) is 0 Å². The van der Waals surface area contributed by atoms with Crippen LogP contribution in [0.4, 0.5) is 5.69 Å². The van der Waals surface area contributed by atoms with E-state index in [9.17, 15) is 4.79 Å². The molecule has 116 valence electrons. The van der Waals surface area contributed by atoms with Crippen molar-refractivity contribution >= 4 is 34.8 Å². The smallest absolute Gasteiger partial charge is 0.260 e. The lowest BCUT2D eigenvalue weighted by Crippen LogP contribution is -2.40. The Morgan fingerprint density at radius 1 is 1.05 bits per heavy atom. The molecule has 0 saturated carbocycles. The Balaban J connectivity index is 2.46. The van der Waals surface area contributed by atoms with E-state index in [0.717, 1.165) is 18.5 Å². The molecule has 0 radical (unpaired) electrons. The van der Waals surface area contributed by atoms with Gasteiger partial charge in [-0.2, -0.15) is 0 Å². The van der Waals surface area contributed by atoms with Crippen LogP contribution in [-0.2, 0) is 0 Å². The number of hydrogen-bond acceptors (Lipinski definition) is 1. The first-order valence-corrected chi connectivity index (χ1v) is 8.17. The van der Waals surface area contributed by atoms with Crippen LogP contribution < -0.4 is 4.90 Å². The molecule has 2 rings (SSSR count). The van der Waals surface area contributed by atoms with Crippen LogP contribution in [0.2, 0.25) is 10.0 Å². The highest BCUT2D eigenvalue weighted by molar-refractivity contribution is 6.37. The zero-order valence-corrected chi connectivity index (χ0v) is 14.2. The van der Waals surface area contributed by atoms with Crippen LogP contribution in [0.5, 0.6) is 0 Å². The van der Waals surface area contributed by atoms with Crippen molar-refractivity contribution in [3.05, 3.63) is 64.1 Å². The van der Waals surface area contributed by atoms with Gasteiger partial charge < -0.3 is 4.90 Å². The molecule has 0 heterocycles. The van der Waals surface area contributed by atoms with Crippen LogP contribution in [0, 0.1) is 0 Å². The van der Waals surface area contributed by atoms with E-state index >= 15 is 0 Å². The fraction of sp³-hybridized carbons (Fsp3) is 0.278. The van der Waals surface area contributed by atoms with Gasteiger partial charge in [0, 0.05) is 16.8 Å². The summed E-state index contributed by atoms with van der Waals surface area (Å²) in [4.78, 5) is 14.9. The van der Waals surface area contributed by atoms with E-state index in [1.807, 2.05) is 35.2 Å². The summed E-state index contributed by atoms with van der Waals surface area (Å²) >= 11 is 12.1. The van der Waals surface area contributed by atoms with Crippen LogP contribution >= 0.6 is 23.2 Å². The van der Waals surface area contributed by atoms with Gasteiger partial charge in [-0.15, -0.1) is 0 Å². The summed E-state index contributed by atoms with van der Waals surface area (Å²) in [6, 6.07) is 14.8. The maximum atomic E-state index is 13.0. The van der Waals surface area contributed by atoms with Crippen molar-refractivity contribution in [2.24, 2.45) is 0 Å². The van der Waals surface area contributed by atoms with Gasteiger partial charge in [0.1, 0.15) is 0 Å². The van der Waals surface area contributed by atoms with Crippen LogP contribution in [0.3, 0.4) is 0 Å². The third-order valence-electron chi connectivity index (χ3n) is 3.72. The lowest BCUT2D eigenvalue weighted by Gasteiger charge is -2.31. The average Bonchev–Trinajstić information content (AvgIpc) is 2.52. The molecular weight excluding hydrogens is 317 g/mol. The monoisotopic (exact) mass is 335 g/mol. The summed E-state index contributed by atoms with van der Waals surface area (Å²) in [6.45, 7) is 4.17. The van der Waals surface area contributed by atoms with E-state index in [0.29, 0.717) is 15.6 Å². The Morgan fingerprint density at radius 3 is 2.23 bits per heavy atom. The molecule has 0 aliphatic carbocycles. The first-order chi connectivity index (χ1) is 10.6. The van der Waals surface area contributed by atoms with Crippen molar-refractivity contribution in [3.8, 4) is 0 Å². The molecule has 0 saturated heterocycles. The van der Waals surface area contributed by atoms with Crippen molar-refractivity contribution < 1.29 is 4.79 Å². The topological polar surface area (TPSA) is 20.3 Å². The summed E-state index contributed by atoms with van der Waals surface area (Å²) < 4.78 is 0. The standard InChI is InChI=1S/C18H19Cl2NO/c1-3-14(4-2)21(15-8-6-5-7-9-15)18(22)16-11-10-13(19)12-17(16)20/h5-12,14H,3-4H2,1-2H3. The van der Waals surface area contributed by atoms with Crippen molar-refractivity contribution in [2.75, 3.05) is 4.90 Å². The normalized spacial score (nSPS) is 10.8. The maximum Gasteiger partial charge on any atom is 0.260 e. The van der Waals surface area contributed by atoms with Gasteiger partial charge in [-0.1, -0.05) is 55.2 Å². The molecule has 0 unspecified atom stereocenters. The molecule has 0 N–H and O–H groups in total. The second-order valence-corrected chi connectivity index (χ2v) is 5.95. The molecule has 4 heteroatoms. The molecule has 1 amide bonds. The number of nitrogens with zero attached hydrogens (tertiary/aromatic N) is 1. The fourth-order valence-corrected chi connectivity index (χ4v) is 3.02. The van der Waals surface area contributed by atoms with E-state index in [1.165, 1.54) is 0 Å². The first-order valence-electron chi connectivity index (χ1n) is 7.42. The summed E-state index contributed by atoms with van der Waals surface area (Å²) in [6.07, 6.45) is 1.75. The van der Waals surface area contributed by atoms with Gasteiger partial charge in [0.05, 0.1) is 10.6 Å². The molecule has 22 heavy (non-hydrogen) atoms. The molecule has 0 aliphatic rings. The Morgan fingerprint density at radius 2 is 1.68 bits per heavy atom. The average molecular weight is 336 g/mol. The quantitative estimate of drug-likeness (QED) is 0.673. The lowest BCUT2D eigenvalue weighted by atomic mass is 10.1. The third kappa shape index (κ3) is 3.63. The highest BCUT2D eigenvalue weighted by Gasteiger charge is 2.25. The predicted octanol–water partition coefficient (Wildman–Crippen LogP) is 5.83. The summed E-state index contributed by atoms with van der Waals surface area (Å²) in [7, 11) is 0. The predicted molar refractivity (Wildman–Crippen MR) is 94.1 cm³/mol. The molecule has 0 aliphatic heterocycles. The van der Waals surface area contributed by atoms with Gasteiger partial charge in [0.2, 0.25) is 0 Å². The molecule has 0 atom stereocenters. The highest BCUT2D eigenvalue weighted by atomic mass is 35.5. The largest absolute Gasteiger partial charge is 0.305 e. The molecule has 0 aromatic heterocycles. The van der Waals surface area contributed by atoms with Gasteiger partial charge in [0.25, 0.3) is 5.91 Å². The Kier molecular flexibility index (Phi) is 5.87. The number of carbonyl (C=O) groups is 1. The van der Waals surface area contributed by atoms with Crippen molar-refractivity contribution in [3.63, 3.8) is 0 Å². The van der Waals surface area contributed by atoms with Crippen LogP contribution in [0.15, 0.2) is 48.5 Å². The number of para-hydroxylation sites is 1. The number of anilines is 1. The van der Waals surface area contributed by atoms with Crippen LogP contribution in [0.25, 0.3) is 0 Å². The zero-order chi connectivity index (χ0) is 16.1. The number of rotatable bonds is 5. The second-order valence-electron chi connectivity index (χ2n) is 5.11. The summed E-state index contributed by atoms with van der Waals surface area (Å²) in [5.74, 6) is -0.0958. The van der Waals surface area contributed by atoms with Gasteiger partial charge in [-0.3, -0.25) is 4.79 Å². The molecular formula is C18H19Cl2NO. The number of amides is 1. The highest BCUT2D eigenvalue weighted by Crippen LogP contribution is 2.27. The zero-order valence-electron chi connectivity index (χ0n) is 12.7. The molecule has 2 aromatic rings. The minimum absolute atomic E-state index is 0.0958. The van der Waals surface area contributed by atoms with E-state index in [4.69, 9.17) is 23.2 Å². The SMILES string of the molecule is CCC(CC)N(C(=O)c1ccc(Cl)cc1Cl)c1ccccc1. The van der Waals surface area contributed by atoms with Gasteiger partial charge in [0.15, 0.2) is 0 Å². The van der Waals surface area contributed by atoms with Gasteiger partial charge in [-0.05, 0) is 43.2 Å². The fourth-order valence-electron chi connectivity index (χ4n) is 2.53. The van der Waals surface area contributed by atoms with Crippen molar-refractivity contribution in [1.29, 1.82) is 0 Å². The minimum Gasteiger partial charge on any atom is -0.305 e. The number of benzene rings is 2. The Bertz CT molecular complexity index is 639. The number of hydrogen-bond donors (Lipinski definition) is 0. The Labute approximate surface area is 141 Å². The number of halogens is 2. The maximum absolute atomic E-state index is 13.0. The summed E-state index contributed by atoms with van der Waals surface area (Å²) in [5.41, 5.74) is 1.36. The third-order valence-corrected chi connectivity index (χ3v) is 4.27. The van der Waals surface area contributed by atoms with Gasteiger partial charge >= 0.3 is 0 Å². The van der Waals surface area contributed by atoms with E-state index in [1.54, 1.807) is 18.2 Å². The first kappa shape index (κ1) is 16.9. The Hall–Kier alpha value is -1.51. The molecule has 2 nitrogen and oxygen atoms in total.